The molecule has 1 aromatic carbocycles. The summed E-state index contributed by atoms with van der Waals surface area (Å²) in [6.07, 6.45) is 1.92. The summed E-state index contributed by atoms with van der Waals surface area (Å²) in [6, 6.07) is 19.0. The Kier molecular flexibility index (Phi) is 4.58. The smallest absolute Gasteiger partial charge is 0.274 e. The lowest BCUT2D eigenvalue weighted by atomic mass is 10.1. The highest BCUT2D eigenvalue weighted by Gasteiger charge is 2.26. The van der Waals surface area contributed by atoms with Gasteiger partial charge in [-0.2, -0.15) is 5.26 Å². The highest BCUT2D eigenvalue weighted by Crippen LogP contribution is 2.24. The van der Waals surface area contributed by atoms with Crippen LogP contribution in [-0.2, 0) is 0 Å². The molecule has 4 rings (SSSR count). The molecule has 0 amide bonds. The van der Waals surface area contributed by atoms with E-state index in [4.69, 9.17) is 0 Å². The predicted octanol–water partition coefficient (Wildman–Crippen LogP) is 2.26. The minimum atomic E-state index is -0.101. The van der Waals surface area contributed by atoms with Crippen LogP contribution in [-0.4, -0.2) is 36.9 Å². The summed E-state index contributed by atoms with van der Waals surface area (Å²) < 4.78 is 0. The molecule has 0 unspecified atom stereocenters. The van der Waals surface area contributed by atoms with Gasteiger partial charge in [-0.1, -0.05) is 36.4 Å². The number of H-pyrrole nitrogens is 2. The summed E-state index contributed by atoms with van der Waals surface area (Å²) >= 11 is 0. The maximum Gasteiger partial charge on any atom is 0.274 e. The Morgan fingerprint density at radius 2 is 1.70 bits per heavy atom. The van der Waals surface area contributed by atoms with Gasteiger partial charge in [0, 0.05) is 11.6 Å². The molecule has 1 aliphatic heterocycles. The summed E-state index contributed by atoms with van der Waals surface area (Å²) in [5.41, 5.74) is 1.57. The molecule has 3 heterocycles. The molecule has 134 valence electrons. The van der Waals surface area contributed by atoms with E-state index < -0.39 is 0 Å². The van der Waals surface area contributed by atoms with Crippen molar-refractivity contribution in [1.29, 1.82) is 5.26 Å². The van der Waals surface area contributed by atoms with Crippen LogP contribution < -0.4 is 14.8 Å². The fraction of sp³-hybridized carbons (Fsp3) is 0.190. The molecule has 0 spiro atoms. The first-order valence-electron chi connectivity index (χ1n) is 8.96. The number of carbonyl (C=O) groups excluding carboxylic acids is 1. The number of benzene rings is 1. The average molecular weight is 358 g/mol. The highest BCUT2D eigenvalue weighted by molar-refractivity contribution is 6.08. The number of hydrogen-bond donors (Lipinski definition) is 1. The normalized spacial score (nSPS) is 14.0. The Morgan fingerprint density at radius 3 is 2.37 bits per heavy atom. The maximum atomic E-state index is 12.7. The number of nitrogens with one attached hydrogen (secondary N) is 2. The van der Waals surface area contributed by atoms with Gasteiger partial charge in [0.1, 0.15) is 25.0 Å². The first kappa shape index (κ1) is 16.9. The minimum absolute atomic E-state index is 0.101. The lowest BCUT2D eigenvalue weighted by molar-refractivity contribution is -0.364. The number of aromatic amines is 2. The van der Waals surface area contributed by atoms with Crippen LogP contribution in [0, 0.1) is 11.3 Å². The van der Waals surface area contributed by atoms with Crippen LogP contribution in [0.25, 0.3) is 0 Å². The highest BCUT2D eigenvalue weighted by atomic mass is 16.1. The van der Waals surface area contributed by atoms with Crippen molar-refractivity contribution in [3.63, 3.8) is 0 Å². The van der Waals surface area contributed by atoms with Crippen molar-refractivity contribution in [2.45, 2.75) is 0 Å². The lowest BCUT2D eigenvalue weighted by Gasteiger charge is -2.31. The molecular formula is C21H20N5O+. The summed E-state index contributed by atoms with van der Waals surface area (Å²) in [5, 5.41) is 9.52. The van der Waals surface area contributed by atoms with E-state index in [0.717, 1.165) is 37.8 Å². The number of pyridine rings is 1. The molecule has 0 atom stereocenters. The van der Waals surface area contributed by atoms with E-state index in [0.29, 0.717) is 16.8 Å². The number of carbonyl (C=O) groups is 1. The van der Waals surface area contributed by atoms with Crippen molar-refractivity contribution in [2.75, 3.05) is 36.0 Å². The van der Waals surface area contributed by atoms with Crippen LogP contribution in [0.1, 0.15) is 21.6 Å². The van der Waals surface area contributed by atoms with Gasteiger partial charge in [0.05, 0.1) is 30.5 Å². The van der Waals surface area contributed by atoms with E-state index in [2.05, 4.69) is 31.9 Å². The van der Waals surface area contributed by atoms with Gasteiger partial charge in [-0.3, -0.25) is 9.69 Å². The second kappa shape index (κ2) is 7.34. The van der Waals surface area contributed by atoms with E-state index in [1.54, 1.807) is 18.2 Å². The standard InChI is InChI=1S/C21H19N5O/c22-15-17-14-18(20(27)16-6-2-1-3-7-16)24-21(17)26-12-10-25(11-13-26)19-8-4-5-9-23-19/h1-9,14,24H,10-13H2/p+1. The average Bonchev–Trinajstić information content (AvgIpc) is 3.19. The molecule has 6 heteroatoms. The third-order valence-corrected chi connectivity index (χ3v) is 4.83. The van der Waals surface area contributed by atoms with Crippen molar-refractivity contribution in [3.05, 3.63) is 77.6 Å². The van der Waals surface area contributed by atoms with Crippen molar-refractivity contribution >= 4 is 17.4 Å². The number of ketones is 1. The van der Waals surface area contributed by atoms with Gasteiger partial charge in [0.2, 0.25) is 5.78 Å². The number of piperazine rings is 1. The number of aromatic nitrogens is 2. The topological polar surface area (TPSA) is 77.3 Å². The van der Waals surface area contributed by atoms with E-state index in [9.17, 15) is 10.1 Å². The van der Waals surface area contributed by atoms with Gasteiger partial charge in [-0.25, -0.2) is 4.98 Å². The number of anilines is 2. The van der Waals surface area contributed by atoms with Gasteiger partial charge >= 0.3 is 0 Å². The van der Waals surface area contributed by atoms with Gasteiger partial charge in [0.15, 0.2) is 0 Å². The zero-order valence-electron chi connectivity index (χ0n) is 14.9. The second-order valence-electron chi connectivity index (χ2n) is 6.47. The first-order chi connectivity index (χ1) is 13.3. The van der Waals surface area contributed by atoms with Crippen LogP contribution in [0.15, 0.2) is 60.8 Å². The molecule has 1 fully saturated rings. The first-order valence-corrected chi connectivity index (χ1v) is 8.96. The van der Waals surface area contributed by atoms with Crippen molar-refractivity contribution in [2.24, 2.45) is 0 Å². The third-order valence-electron chi connectivity index (χ3n) is 4.83. The van der Waals surface area contributed by atoms with Gasteiger partial charge < -0.3 is 9.88 Å². The molecule has 1 saturated heterocycles. The van der Waals surface area contributed by atoms with Crippen molar-refractivity contribution in [3.8, 4) is 6.07 Å². The molecule has 6 nitrogen and oxygen atoms in total. The van der Waals surface area contributed by atoms with Crippen molar-refractivity contribution in [1.82, 2.24) is 4.98 Å². The third kappa shape index (κ3) is 3.40. The fourth-order valence-corrected chi connectivity index (χ4v) is 3.40. The molecule has 0 saturated carbocycles. The van der Waals surface area contributed by atoms with Gasteiger partial charge in [0.25, 0.3) is 5.82 Å². The quantitative estimate of drug-likeness (QED) is 0.726. The summed E-state index contributed by atoms with van der Waals surface area (Å²) in [4.78, 5) is 23.5. The number of nitrogens with zero attached hydrogens (tertiary/aromatic N) is 3. The Morgan fingerprint density at radius 1 is 1.00 bits per heavy atom. The van der Waals surface area contributed by atoms with Crippen LogP contribution in [0.2, 0.25) is 0 Å². The fourth-order valence-electron chi connectivity index (χ4n) is 3.40. The Balaban J connectivity index is 1.52. The predicted molar refractivity (Wildman–Crippen MR) is 103 cm³/mol. The maximum absolute atomic E-state index is 12.7. The van der Waals surface area contributed by atoms with E-state index >= 15 is 0 Å². The van der Waals surface area contributed by atoms with E-state index in [1.807, 2.05) is 36.5 Å². The van der Waals surface area contributed by atoms with Gasteiger partial charge in [-0.05, 0) is 12.1 Å². The summed E-state index contributed by atoms with van der Waals surface area (Å²) in [6.45, 7) is 3.23. The molecular weight excluding hydrogens is 338 g/mol. The minimum Gasteiger partial charge on any atom is -0.349 e. The molecule has 0 aliphatic carbocycles. The molecule has 27 heavy (non-hydrogen) atoms. The van der Waals surface area contributed by atoms with Crippen LogP contribution in [0.5, 0.6) is 0 Å². The van der Waals surface area contributed by atoms with Crippen LogP contribution in [0.4, 0.5) is 11.6 Å². The SMILES string of the molecule is N#Cc1cc(C(=O)c2ccccc2)[nH]c1N1CCN(c2cccc[nH+]2)CC1. The number of hydrogen-bond acceptors (Lipinski definition) is 4. The Hall–Kier alpha value is -3.59. The largest absolute Gasteiger partial charge is 0.349 e. The van der Waals surface area contributed by atoms with Crippen LogP contribution >= 0.6 is 0 Å². The zero-order chi connectivity index (χ0) is 18.6. The number of rotatable bonds is 4. The Bertz CT molecular complexity index is 967. The second-order valence-corrected chi connectivity index (χ2v) is 6.47. The summed E-state index contributed by atoms with van der Waals surface area (Å²) in [5.74, 6) is 1.72. The molecule has 2 aromatic heterocycles. The van der Waals surface area contributed by atoms with Crippen LogP contribution in [0.3, 0.4) is 0 Å². The monoisotopic (exact) mass is 358 g/mol. The van der Waals surface area contributed by atoms with Gasteiger partial charge in [-0.15, -0.1) is 0 Å². The van der Waals surface area contributed by atoms with E-state index in [-0.39, 0.29) is 5.78 Å². The number of nitriles is 1. The zero-order valence-corrected chi connectivity index (χ0v) is 14.9. The Labute approximate surface area is 157 Å². The molecule has 0 bridgehead atoms. The lowest BCUT2D eigenvalue weighted by Crippen LogP contribution is -2.48. The summed E-state index contributed by atoms with van der Waals surface area (Å²) in [7, 11) is 0. The molecule has 3 aromatic rings. The molecule has 0 radical (unpaired) electrons. The van der Waals surface area contributed by atoms with E-state index in [1.165, 1.54) is 0 Å². The van der Waals surface area contributed by atoms with Crippen molar-refractivity contribution < 1.29 is 9.78 Å². The molecule has 1 aliphatic rings. The molecule has 2 N–H and O–H groups in total.